The van der Waals surface area contributed by atoms with Crippen LogP contribution in [0.1, 0.15) is 63.5 Å². The minimum Gasteiger partial charge on any atom is -0.461 e. The Labute approximate surface area is 291 Å². The lowest BCUT2D eigenvalue weighted by Crippen LogP contribution is -2.43. The molecule has 0 spiro atoms. The molecular formula is C39H42F2N6O3. The van der Waals surface area contributed by atoms with Crippen LogP contribution in [0.4, 0.5) is 14.6 Å². The van der Waals surface area contributed by atoms with Gasteiger partial charge in [0, 0.05) is 43.3 Å². The molecular weight excluding hydrogens is 638 g/mol. The van der Waals surface area contributed by atoms with Gasteiger partial charge in [0.1, 0.15) is 29.5 Å². The molecule has 3 fully saturated rings. The van der Waals surface area contributed by atoms with Crippen molar-refractivity contribution in [1.82, 2.24) is 24.8 Å². The third-order valence-corrected chi connectivity index (χ3v) is 10.8. The Morgan fingerprint density at radius 3 is 2.66 bits per heavy atom. The highest BCUT2D eigenvalue weighted by atomic mass is 19.1. The van der Waals surface area contributed by atoms with Gasteiger partial charge in [-0.2, -0.15) is 9.97 Å². The lowest BCUT2D eigenvalue weighted by molar-refractivity contribution is -0.126. The van der Waals surface area contributed by atoms with Crippen LogP contribution in [0.15, 0.2) is 43.1 Å². The molecule has 9 nitrogen and oxygen atoms in total. The number of rotatable bonds is 9. The first-order valence-electron chi connectivity index (χ1n) is 17.3. The molecule has 0 radical (unpaired) electrons. The van der Waals surface area contributed by atoms with E-state index in [1.54, 1.807) is 36.9 Å². The van der Waals surface area contributed by atoms with Crippen molar-refractivity contribution in [3.63, 3.8) is 0 Å². The average molecular weight is 681 g/mol. The number of halogens is 2. The molecule has 3 saturated heterocycles. The first-order chi connectivity index (χ1) is 23.9. The predicted molar refractivity (Wildman–Crippen MR) is 190 cm³/mol. The average Bonchev–Trinajstić information content (AvgIpc) is 3.83. The Kier molecular flexibility index (Phi) is 8.73. The number of anilines is 1. The van der Waals surface area contributed by atoms with E-state index in [1.807, 2.05) is 11.9 Å². The van der Waals surface area contributed by atoms with Gasteiger partial charge in [-0.15, -0.1) is 6.42 Å². The third-order valence-electron chi connectivity index (χ3n) is 10.8. The molecule has 0 unspecified atom stereocenters. The fourth-order valence-corrected chi connectivity index (χ4v) is 8.18. The van der Waals surface area contributed by atoms with E-state index in [1.165, 1.54) is 18.3 Å². The summed E-state index contributed by atoms with van der Waals surface area (Å²) < 4.78 is 38.6. The molecule has 50 heavy (non-hydrogen) atoms. The minimum absolute atomic E-state index is 0.0139. The van der Waals surface area contributed by atoms with E-state index >= 15 is 8.78 Å². The SMILES string of the molecule is C#Cc1c(F)ccc2cc(C(C)(C)O)cc(-c3ncc4c(N(C)C[C@@H]5CCCN5C(=O)C=C)nc(OCC56CCCN5CCC6)nc4c3F)c12. The Morgan fingerprint density at radius 2 is 1.96 bits per heavy atom. The summed E-state index contributed by atoms with van der Waals surface area (Å²) in [7, 11) is 1.85. The smallest absolute Gasteiger partial charge is 0.319 e. The standard InChI is InChI=1S/C39H42F2N6O3/c1-6-27-30(40)13-12-24-19-25(38(3,4)49)20-28(32(24)27)34-33(41)35-29(21-42-34)36(45(5)22-26-11-8-18-47(26)31(48)7-2)44-37(43-35)50-23-39-14-9-16-46(39)17-10-15-39/h1,7,12-13,19-21,26,49H,2,8-11,14-18,22-23H2,3-5H3/t26-/m0/s1. The second-order valence-corrected chi connectivity index (χ2v) is 14.4. The molecule has 1 atom stereocenters. The van der Waals surface area contributed by atoms with Crippen molar-refractivity contribution in [3.05, 3.63) is 65.9 Å². The molecule has 0 saturated carbocycles. The number of aliphatic hydroxyl groups is 1. The number of benzene rings is 2. The summed E-state index contributed by atoms with van der Waals surface area (Å²) in [5, 5.41) is 12.2. The second kappa shape index (κ2) is 12.9. The van der Waals surface area contributed by atoms with Crippen LogP contribution in [0, 0.1) is 24.0 Å². The Morgan fingerprint density at radius 1 is 1.20 bits per heavy atom. The lowest BCUT2D eigenvalue weighted by atomic mass is 9.89. The number of ether oxygens (including phenoxy) is 1. The molecule has 4 aromatic rings. The van der Waals surface area contributed by atoms with Crippen molar-refractivity contribution in [2.75, 3.05) is 44.7 Å². The summed E-state index contributed by atoms with van der Waals surface area (Å²) in [6.07, 6.45) is 14.5. The van der Waals surface area contributed by atoms with Gasteiger partial charge in [0.2, 0.25) is 5.91 Å². The van der Waals surface area contributed by atoms with Gasteiger partial charge in [0.15, 0.2) is 5.82 Å². The van der Waals surface area contributed by atoms with Crippen molar-refractivity contribution < 1.29 is 23.4 Å². The number of aromatic nitrogens is 3. The molecule has 260 valence electrons. The zero-order chi connectivity index (χ0) is 35.4. The zero-order valence-electron chi connectivity index (χ0n) is 28.8. The van der Waals surface area contributed by atoms with Gasteiger partial charge in [0.05, 0.1) is 22.1 Å². The normalized spacial score (nSPS) is 18.8. The van der Waals surface area contributed by atoms with Crippen LogP contribution in [-0.4, -0.2) is 87.2 Å². The summed E-state index contributed by atoms with van der Waals surface area (Å²) in [4.78, 5) is 32.8. The van der Waals surface area contributed by atoms with Gasteiger partial charge in [-0.05, 0) is 101 Å². The van der Waals surface area contributed by atoms with Crippen LogP contribution in [0.3, 0.4) is 0 Å². The highest BCUT2D eigenvalue weighted by Gasteiger charge is 2.45. The van der Waals surface area contributed by atoms with Crippen LogP contribution >= 0.6 is 0 Å². The first kappa shape index (κ1) is 33.8. The molecule has 7 rings (SSSR count). The fraction of sp³-hybridized carbons (Fsp3) is 0.436. The maximum Gasteiger partial charge on any atom is 0.319 e. The van der Waals surface area contributed by atoms with Crippen molar-refractivity contribution in [2.45, 2.75) is 69.6 Å². The van der Waals surface area contributed by atoms with Crippen LogP contribution in [0.25, 0.3) is 32.9 Å². The van der Waals surface area contributed by atoms with Crippen molar-refractivity contribution in [2.24, 2.45) is 0 Å². The van der Waals surface area contributed by atoms with Crippen LogP contribution in [-0.2, 0) is 10.4 Å². The quantitative estimate of drug-likeness (QED) is 0.171. The van der Waals surface area contributed by atoms with Crippen molar-refractivity contribution >= 4 is 33.4 Å². The monoisotopic (exact) mass is 680 g/mol. The molecule has 2 aromatic heterocycles. The molecule has 5 heterocycles. The van der Waals surface area contributed by atoms with Gasteiger partial charge in [-0.25, -0.2) is 8.78 Å². The largest absolute Gasteiger partial charge is 0.461 e. The number of carbonyl (C=O) groups excluding carboxylic acids is 1. The summed E-state index contributed by atoms with van der Waals surface area (Å²) in [6, 6.07) is 6.10. The highest BCUT2D eigenvalue weighted by molar-refractivity contribution is 6.02. The highest BCUT2D eigenvalue weighted by Crippen LogP contribution is 2.41. The third kappa shape index (κ3) is 5.84. The van der Waals surface area contributed by atoms with Crippen LogP contribution < -0.4 is 9.64 Å². The van der Waals surface area contributed by atoms with Gasteiger partial charge < -0.3 is 19.6 Å². The number of likely N-dealkylation sites (N-methyl/N-ethyl adjacent to an activating group) is 1. The number of carbonyl (C=O) groups is 1. The number of likely N-dealkylation sites (tertiary alicyclic amines) is 1. The van der Waals surface area contributed by atoms with Crippen molar-refractivity contribution in [1.29, 1.82) is 0 Å². The number of nitrogens with zero attached hydrogens (tertiary/aromatic N) is 6. The van der Waals surface area contributed by atoms with Gasteiger partial charge in [-0.3, -0.25) is 14.7 Å². The summed E-state index contributed by atoms with van der Waals surface area (Å²) in [5.74, 6) is 1.34. The first-order valence-corrected chi connectivity index (χ1v) is 17.3. The molecule has 1 amide bonds. The van der Waals surface area contributed by atoms with Gasteiger partial charge in [-0.1, -0.05) is 18.6 Å². The topological polar surface area (TPSA) is 94.9 Å². The van der Waals surface area contributed by atoms with Crippen LogP contribution in [0.2, 0.25) is 0 Å². The van der Waals surface area contributed by atoms with E-state index in [4.69, 9.17) is 16.1 Å². The summed E-state index contributed by atoms with van der Waals surface area (Å²) in [5.41, 5.74) is -0.805. The summed E-state index contributed by atoms with van der Waals surface area (Å²) >= 11 is 0. The van der Waals surface area contributed by atoms with Crippen LogP contribution in [0.5, 0.6) is 6.01 Å². The zero-order valence-corrected chi connectivity index (χ0v) is 28.8. The predicted octanol–water partition coefficient (Wildman–Crippen LogP) is 5.95. The van der Waals surface area contributed by atoms with Crippen molar-refractivity contribution in [3.8, 4) is 29.6 Å². The molecule has 3 aliphatic heterocycles. The number of amides is 1. The lowest BCUT2D eigenvalue weighted by Gasteiger charge is -2.31. The molecule has 3 aliphatic rings. The van der Waals surface area contributed by atoms with E-state index in [-0.39, 0.29) is 45.8 Å². The van der Waals surface area contributed by atoms with Gasteiger partial charge >= 0.3 is 6.01 Å². The summed E-state index contributed by atoms with van der Waals surface area (Å²) in [6.45, 7) is 10.4. The number of terminal acetylenes is 1. The Hall–Kier alpha value is -4.66. The van der Waals surface area contributed by atoms with Gasteiger partial charge in [0.25, 0.3) is 0 Å². The molecule has 0 bridgehead atoms. The molecule has 1 N–H and O–H groups in total. The molecule has 0 aliphatic carbocycles. The maximum absolute atomic E-state index is 17.1. The number of hydrogen-bond acceptors (Lipinski definition) is 8. The molecule has 11 heteroatoms. The Balaban J connectivity index is 1.38. The van der Waals surface area contributed by atoms with E-state index in [9.17, 15) is 9.90 Å². The maximum atomic E-state index is 17.1. The van der Waals surface area contributed by atoms with E-state index in [2.05, 4.69) is 27.4 Å². The Bertz CT molecular complexity index is 2040. The second-order valence-electron chi connectivity index (χ2n) is 14.4. The number of fused-ring (bicyclic) bond motifs is 3. The minimum atomic E-state index is -1.30. The van der Waals surface area contributed by atoms with E-state index in [0.717, 1.165) is 51.6 Å². The van der Waals surface area contributed by atoms with E-state index in [0.29, 0.717) is 47.2 Å². The fourth-order valence-electron chi connectivity index (χ4n) is 8.18. The number of pyridine rings is 1. The number of hydrogen-bond donors (Lipinski definition) is 1. The van der Waals surface area contributed by atoms with E-state index < -0.39 is 17.2 Å². The molecule has 2 aromatic carbocycles.